The molecule has 0 unspecified atom stereocenters. The quantitative estimate of drug-likeness (QED) is 0.803. The summed E-state index contributed by atoms with van der Waals surface area (Å²) in [6, 6.07) is 0. The Labute approximate surface area is 103 Å². The summed E-state index contributed by atoms with van der Waals surface area (Å²) in [6.07, 6.45) is 2.36. The van der Waals surface area contributed by atoms with E-state index in [4.69, 9.17) is 16.2 Å². The second kappa shape index (κ2) is 8.53. The molecule has 0 bridgehead atoms. The molecule has 1 fully saturated rings. The first kappa shape index (κ1) is 17.8. The fourth-order valence-electron chi connectivity index (χ4n) is 1.72. The zero-order chi connectivity index (χ0) is 9.73. The van der Waals surface area contributed by atoms with E-state index in [-0.39, 0.29) is 37.9 Å². The van der Waals surface area contributed by atoms with E-state index in [0.717, 1.165) is 26.1 Å². The molecule has 0 radical (unpaired) electrons. The van der Waals surface area contributed by atoms with E-state index in [1.165, 1.54) is 0 Å². The van der Waals surface area contributed by atoms with Crippen LogP contribution in [0, 0.1) is 5.92 Å². The van der Waals surface area contributed by atoms with Gasteiger partial charge in [-0.3, -0.25) is 0 Å². The van der Waals surface area contributed by atoms with Crippen molar-refractivity contribution in [1.82, 2.24) is 0 Å². The Morgan fingerprint density at radius 1 is 1.13 bits per heavy atom. The Kier molecular flexibility index (Phi) is 10.1. The molecule has 1 aliphatic rings. The maximum absolute atomic E-state index is 13.7. The van der Waals surface area contributed by atoms with Crippen LogP contribution in [0.5, 0.6) is 0 Å². The second-order valence-corrected chi connectivity index (χ2v) is 3.82. The molecule has 0 aliphatic carbocycles. The molecule has 15 heavy (non-hydrogen) atoms. The van der Waals surface area contributed by atoms with E-state index in [2.05, 4.69) is 0 Å². The average Bonchev–Trinajstić information content (AvgIpc) is 2.19. The number of rotatable bonds is 4. The largest absolute Gasteiger partial charge is 0.381 e. The summed E-state index contributed by atoms with van der Waals surface area (Å²) in [5.41, 5.74) is 9.34. The molecule has 0 atom stereocenters. The summed E-state index contributed by atoms with van der Waals surface area (Å²) in [7, 11) is 0. The van der Waals surface area contributed by atoms with Crippen molar-refractivity contribution in [3.05, 3.63) is 0 Å². The highest BCUT2D eigenvalue weighted by Gasteiger charge is 2.30. The lowest BCUT2D eigenvalue weighted by Gasteiger charge is -2.29. The molecule has 1 aliphatic heterocycles. The third-order valence-corrected chi connectivity index (χ3v) is 2.73. The number of halogens is 3. The molecule has 1 saturated heterocycles. The minimum absolute atomic E-state index is 0. The van der Waals surface area contributed by atoms with E-state index in [0.29, 0.717) is 12.3 Å². The van der Waals surface area contributed by atoms with Crippen molar-refractivity contribution < 1.29 is 9.13 Å². The van der Waals surface area contributed by atoms with Crippen molar-refractivity contribution in [3.63, 3.8) is 0 Å². The molecule has 94 valence electrons. The van der Waals surface area contributed by atoms with Gasteiger partial charge in [0.25, 0.3) is 0 Å². The molecule has 1 heterocycles. The normalized spacial score (nSPS) is 17.8. The molecule has 0 aromatic heterocycles. The first-order valence-electron chi connectivity index (χ1n) is 4.87. The van der Waals surface area contributed by atoms with Crippen LogP contribution in [0.2, 0.25) is 0 Å². The topological polar surface area (TPSA) is 61.3 Å². The van der Waals surface area contributed by atoms with Crippen molar-refractivity contribution in [2.75, 3.05) is 26.3 Å². The molecular formula is C9H21Cl2FN2O. The van der Waals surface area contributed by atoms with E-state index in [9.17, 15) is 4.39 Å². The first-order valence-corrected chi connectivity index (χ1v) is 4.87. The Bertz CT molecular complexity index is 153. The van der Waals surface area contributed by atoms with E-state index in [1.54, 1.807) is 0 Å². The molecule has 0 aromatic carbocycles. The fraction of sp³-hybridized carbons (Fsp3) is 1.00. The minimum atomic E-state index is -1.36. The first-order chi connectivity index (χ1) is 6.20. The lowest BCUT2D eigenvalue weighted by atomic mass is 9.87. The van der Waals surface area contributed by atoms with E-state index in [1.807, 2.05) is 0 Å². The van der Waals surface area contributed by atoms with Gasteiger partial charge in [0.1, 0.15) is 5.67 Å². The van der Waals surface area contributed by atoms with Crippen molar-refractivity contribution in [2.24, 2.45) is 17.4 Å². The summed E-state index contributed by atoms with van der Waals surface area (Å²) < 4.78 is 18.9. The van der Waals surface area contributed by atoms with Crippen molar-refractivity contribution >= 4 is 24.8 Å². The van der Waals surface area contributed by atoms with Gasteiger partial charge in [-0.2, -0.15) is 0 Å². The second-order valence-electron chi connectivity index (χ2n) is 3.82. The fourth-order valence-corrected chi connectivity index (χ4v) is 1.72. The highest BCUT2D eigenvalue weighted by molar-refractivity contribution is 5.85. The number of hydrogen-bond acceptors (Lipinski definition) is 3. The summed E-state index contributed by atoms with van der Waals surface area (Å²) in [5, 5.41) is 0. The molecule has 4 N–H and O–H groups in total. The molecule has 1 rings (SSSR count). The standard InChI is InChI=1S/C9H19FN2O.2ClH/c10-9(6-11,7-12)5-8-1-3-13-4-2-8;;/h8H,1-7,11-12H2;2*1H. The molecular weight excluding hydrogens is 242 g/mol. The van der Waals surface area contributed by atoms with Crippen molar-refractivity contribution in [3.8, 4) is 0 Å². The highest BCUT2D eigenvalue weighted by Crippen LogP contribution is 2.26. The Hall–Kier alpha value is 0.390. The van der Waals surface area contributed by atoms with Crippen LogP contribution < -0.4 is 11.5 Å². The van der Waals surface area contributed by atoms with Gasteiger partial charge >= 0.3 is 0 Å². The summed E-state index contributed by atoms with van der Waals surface area (Å²) in [4.78, 5) is 0. The third-order valence-electron chi connectivity index (χ3n) is 2.73. The van der Waals surface area contributed by atoms with Gasteiger partial charge < -0.3 is 16.2 Å². The SMILES string of the molecule is Cl.Cl.NCC(F)(CN)CC1CCOCC1. The van der Waals surface area contributed by atoms with Crippen LogP contribution in [-0.4, -0.2) is 32.0 Å². The van der Waals surface area contributed by atoms with Gasteiger partial charge in [-0.25, -0.2) is 4.39 Å². The number of ether oxygens (including phenoxy) is 1. The third kappa shape index (κ3) is 5.88. The molecule has 0 saturated carbocycles. The number of hydrogen-bond donors (Lipinski definition) is 2. The zero-order valence-electron chi connectivity index (χ0n) is 8.78. The average molecular weight is 263 g/mol. The summed E-state index contributed by atoms with van der Waals surface area (Å²) in [6.45, 7) is 1.55. The monoisotopic (exact) mass is 262 g/mol. The van der Waals surface area contributed by atoms with Crippen LogP contribution in [0.15, 0.2) is 0 Å². The molecule has 0 amide bonds. The van der Waals surface area contributed by atoms with Gasteiger partial charge in [-0.15, -0.1) is 24.8 Å². The molecule has 6 heteroatoms. The van der Waals surface area contributed by atoms with Gasteiger partial charge in [-0.1, -0.05) is 0 Å². The van der Waals surface area contributed by atoms with Crippen LogP contribution >= 0.6 is 24.8 Å². The van der Waals surface area contributed by atoms with Crippen LogP contribution in [0.4, 0.5) is 4.39 Å². The predicted molar refractivity (Wildman–Crippen MR) is 64.6 cm³/mol. The van der Waals surface area contributed by atoms with Crippen LogP contribution in [0.3, 0.4) is 0 Å². The number of alkyl halides is 1. The van der Waals surface area contributed by atoms with Gasteiger partial charge in [-0.05, 0) is 25.2 Å². The van der Waals surface area contributed by atoms with Gasteiger partial charge in [0, 0.05) is 26.3 Å². The van der Waals surface area contributed by atoms with Gasteiger partial charge in [0.2, 0.25) is 0 Å². The van der Waals surface area contributed by atoms with Gasteiger partial charge in [0.05, 0.1) is 0 Å². The zero-order valence-corrected chi connectivity index (χ0v) is 10.4. The smallest absolute Gasteiger partial charge is 0.135 e. The summed E-state index contributed by atoms with van der Waals surface area (Å²) in [5.74, 6) is 0.394. The Morgan fingerprint density at radius 3 is 2.00 bits per heavy atom. The maximum atomic E-state index is 13.7. The van der Waals surface area contributed by atoms with Crippen LogP contribution in [0.1, 0.15) is 19.3 Å². The summed E-state index contributed by atoms with van der Waals surface area (Å²) >= 11 is 0. The van der Waals surface area contributed by atoms with Crippen molar-refractivity contribution in [2.45, 2.75) is 24.9 Å². The molecule has 3 nitrogen and oxygen atoms in total. The Balaban J connectivity index is 0. The van der Waals surface area contributed by atoms with E-state index >= 15 is 0 Å². The van der Waals surface area contributed by atoms with Crippen LogP contribution in [0.25, 0.3) is 0 Å². The van der Waals surface area contributed by atoms with Crippen molar-refractivity contribution in [1.29, 1.82) is 0 Å². The molecule has 0 aromatic rings. The Morgan fingerprint density at radius 2 is 1.60 bits per heavy atom. The maximum Gasteiger partial charge on any atom is 0.135 e. The predicted octanol–water partition coefficient (Wildman–Crippen LogP) is 1.27. The number of nitrogens with two attached hydrogens (primary N) is 2. The lowest BCUT2D eigenvalue weighted by Crippen LogP contribution is -2.43. The molecule has 0 spiro atoms. The van der Waals surface area contributed by atoms with Crippen LogP contribution in [-0.2, 0) is 4.74 Å². The highest BCUT2D eigenvalue weighted by atomic mass is 35.5. The van der Waals surface area contributed by atoms with E-state index < -0.39 is 5.67 Å². The minimum Gasteiger partial charge on any atom is -0.381 e. The lowest BCUT2D eigenvalue weighted by molar-refractivity contribution is 0.0395. The van der Waals surface area contributed by atoms with Gasteiger partial charge in [0.15, 0.2) is 0 Å².